The van der Waals surface area contributed by atoms with Gasteiger partial charge in [0.2, 0.25) is 0 Å². The number of likely N-dealkylation sites (N-methyl/N-ethyl adjacent to an activating group) is 1. The van der Waals surface area contributed by atoms with Gasteiger partial charge in [0.25, 0.3) is 11.1 Å². The molecular weight excluding hydrogens is 340 g/mol. The van der Waals surface area contributed by atoms with Gasteiger partial charge in [-0.1, -0.05) is 0 Å². The number of carbonyl (C=O) groups is 2. The van der Waals surface area contributed by atoms with E-state index in [1.54, 1.807) is 16.8 Å². The Kier molecular flexibility index (Phi) is 4.18. The van der Waals surface area contributed by atoms with E-state index in [0.717, 1.165) is 55.7 Å². The molecule has 4 rings (SSSR count). The van der Waals surface area contributed by atoms with E-state index in [1.807, 2.05) is 12.3 Å². The van der Waals surface area contributed by atoms with Crippen molar-refractivity contribution in [2.75, 3.05) is 38.1 Å². The zero-order valence-electron chi connectivity index (χ0n) is 13.8. The lowest BCUT2D eigenvalue weighted by Crippen LogP contribution is -2.29. The molecule has 2 aromatic heterocycles. The van der Waals surface area contributed by atoms with Crippen LogP contribution in [0, 0.1) is 0 Å². The van der Waals surface area contributed by atoms with Crippen molar-refractivity contribution in [1.29, 1.82) is 0 Å². The van der Waals surface area contributed by atoms with Crippen LogP contribution in [0.15, 0.2) is 23.4 Å². The van der Waals surface area contributed by atoms with E-state index in [0.29, 0.717) is 10.6 Å². The summed E-state index contributed by atoms with van der Waals surface area (Å²) in [6, 6.07) is 1.96. The number of amides is 2. The van der Waals surface area contributed by atoms with Gasteiger partial charge >= 0.3 is 0 Å². The van der Waals surface area contributed by atoms with Crippen molar-refractivity contribution in [1.82, 2.24) is 24.8 Å². The summed E-state index contributed by atoms with van der Waals surface area (Å²) in [5.74, 6) is 0.531. The zero-order valence-corrected chi connectivity index (χ0v) is 14.6. The quantitative estimate of drug-likeness (QED) is 0.808. The molecule has 1 N–H and O–H groups in total. The summed E-state index contributed by atoms with van der Waals surface area (Å²) in [5.41, 5.74) is 1.40. The number of hydrogen-bond donors (Lipinski definition) is 1. The molecule has 2 saturated heterocycles. The molecule has 2 aromatic rings. The van der Waals surface area contributed by atoms with Crippen LogP contribution in [-0.2, 0) is 4.79 Å². The van der Waals surface area contributed by atoms with E-state index in [9.17, 15) is 9.59 Å². The number of nitrogens with zero attached hydrogens (tertiary/aromatic N) is 5. The fourth-order valence-electron chi connectivity index (χ4n) is 2.99. The lowest BCUT2D eigenvalue weighted by Gasteiger charge is -2.21. The Hall–Kier alpha value is -2.39. The number of rotatable bonds is 2. The molecule has 2 aliphatic rings. The molecule has 0 aliphatic carbocycles. The van der Waals surface area contributed by atoms with Gasteiger partial charge in [-0.3, -0.25) is 14.9 Å². The number of thioether (sulfide) groups is 1. The molecule has 25 heavy (non-hydrogen) atoms. The maximum atomic E-state index is 11.7. The van der Waals surface area contributed by atoms with Gasteiger partial charge in [0.1, 0.15) is 5.82 Å². The molecular formula is C16H18N6O2S. The third-order valence-corrected chi connectivity index (χ3v) is 5.16. The Balaban J connectivity index is 1.67. The Morgan fingerprint density at radius 3 is 2.92 bits per heavy atom. The summed E-state index contributed by atoms with van der Waals surface area (Å²) in [7, 11) is 2.13. The van der Waals surface area contributed by atoms with E-state index < -0.39 is 0 Å². The molecule has 0 unspecified atom stereocenters. The maximum absolute atomic E-state index is 11.7. The largest absolute Gasteiger partial charge is 0.355 e. The molecule has 2 amide bonds. The summed E-state index contributed by atoms with van der Waals surface area (Å²) in [6.45, 7) is 3.98. The monoisotopic (exact) mass is 358 g/mol. The third-order valence-electron chi connectivity index (χ3n) is 4.35. The Labute approximate surface area is 148 Å². The Bertz CT molecular complexity index is 877. The van der Waals surface area contributed by atoms with Crippen LogP contribution in [0.3, 0.4) is 0 Å². The lowest BCUT2D eigenvalue weighted by atomic mass is 10.3. The normalized spacial score (nSPS) is 21.2. The van der Waals surface area contributed by atoms with Crippen molar-refractivity contribution in [3.05, 3.63) is 28.9 Å². The first-order valence-electron chi connectivity index (χ1n) is 8.13. The SMILES string of the molecule is CN1CCCN(c2ccn3ncc(C=C4SC(=O)NC4=O)c3n2)CC1. The summed E-state index contributed by atoms with van der Waals surface area (Å²) in [6.07, 6.45) is 6.30. The lowest BCUT2D eigenvalue weighted by molar-refractivity contribution is -0.115. The third kappa shape index (κ3) is 3.24. The summed E-state index contributed by atoms with van der Waals surface area (Å²) < 4.78 is 1.68. The number of hydrogen-bond acceptors (Lipinski definition) is 7. The van der Waals surface area contributed by atoms with Crippen LogP contribution in [0.2, 0.25) is 0 Å². The molecule has 0 bridgehead atoms. The molecule has 2 aliphatic heterocycles. The summed E-state index contributed by atoms with van der Waals surface area (Å²) in [4.78, 5) is 32.8. The zero-order chi connectivity index (χ0) is 17.4. The molecule has 0 atom stereocenters. The minimum Gasteiger partial charge on any atom is -0.355 e. The van der Waals surface area contributed by atoms with Crippen LogP contribution in [0.5, 0.6) is 0 Å². The predicted octanol–water partition coefficient (Wildman–Crippen LogP) is 1.20. The molecule has 0 saturated carbocycles. The Morgan fingerprint density at radius 2 is 2.12 bits per heavy atom. The Morgan fingerprint density at radius 1 is 1.24 bits per heavy atom. The number of nitrogens with one attached hydrogen (secondary N) is 1. The number of aromatic nitrogens is 3. The summed E-state index contributed by atoms with van der Waals surface area (Å²) in [5, 5.41) is 6.18. The second-order valence-electron chi connectivity index (χ2n) is 6.15. The minimum atomic E-state index is -0.374. The van der Waals surface area contributed by atoms with Crippen molar-refractivity contribution in [3.63, 3.8) is 0 Å². The maximum Gasteiger partial charge on any atom is 0.290 e. The van der Waals surface area contributed by atoms with Crippen LogP contribution in [0.4, 0.5) is 10.6 Å². The van der Waals surface area contributed by atoms with Gasteiger partial charge in [0, 0.05) is 31.4 Å². The van der Waals surface area contributed by atoms with E-state index in [1.165, 1.54) is 0 Å². The highest BCUT2D eigenvalue weighted by molar-refractivity contribution is 8.18. The van der Waals surface area contributed by atoms with Crippen LogP contribution in [0.1, 0.15) is 12.0 Å². The van der Waals surface area contributed by atoms with Gasteiger partial charge in [-0.25, -0.2) is 9.50 Å². The van der Waals surface area contributed by atoms with Gasteiger partial charge in [-0.2, -0.15) is 5.10 Å². The average molecular weight is 358 g/mol. The molecule has 2 fully saturated rings. The van der Waals surface area contributed by atoms with Crippen molar-refractivity contribution in [2.24, 2.45) is 0 Å². The first-order chi connectivity index (χ1) is 12.1. The number of imide groups is 1. The molecule has 4 heterocycles. The van der Waals surface area contributed by atoms with E-state index in [2.05, 4.69) is 27.3 Å². The van der Waals surface area contributed by atoms with Crippen molar-refractivity contribution in [3.8, 4) is 0 Å². The highest BCUT2D eigenvalue weighted by atomic mass is 32.2. The smallest absolute Gasteiger partial charge is 0.290 e. The molecule has 130 valence electrons. The van der Waals surface area contributed by atoms with E-state index in [4.69, 9.17) is 4.98 Å². The number of anilines is 1. The molecule has 9 heteroatoms. The van der Waals surface area contributed by atoms with Crippen LogP contribution >= 0.6 is 11.8 Å². The van der Waals surface area contributed by atoms with Gasteiger partial charge in [-0.05, 0) is 43.9 Å². The second kappa shape index (κ2) is 6.49. The fraction of sp³-hybridized carbons (Fsp3) is 0.375. The molecule has 8 nitrogen and oxygen atoms in total. The van der Waals surface area contributed by atoms with E-state index >= 15 is 0 Å². The van der Waals surface area contributed by atoms with Crippen molar-refractivity contribution < 1.29 is 9.59 Å². The molecule has 0 spiro atoms. The number of fused-ring (bicyclic) bond motifs is 1. The molecule has 0 aromatic carbocycles. The van der Waals surface area contributed by atoms with Crippen molar-refractivity contribution in [2.45, 2.75) is 6.42 Å². The van der Waals surface area contributed by atoms with Gasteiger partial charge < -0.3 is 9.80 Å². The fourth-order valence-corrected chi connectivity index (χ4v) is 3.67. The van der Waals surface area contributed by atoms with Gasteiger partial charge in [0.05, 0.1) is 11.1 Å². The first kappa shape index (κ1) is 16.1. The topological polar surface area (TPSA) is 82.8 Å². The predicted molar refractivity (Wildman–Crippen MR) is 96.4 cm³/mol. The summed E-state index contributed by atoms with van der Waals surface area (Å²) >= 11 is 0.896. The minimum absolute atomic E-state index is 0.352. The van der Waals surface area contributed by atoms with Crippen molar-refractivity contribution >= 4 is 40.4 Å². The standard InChI is InChI=1S/C16H18N6O2S/c1-20-4-2-5-21(8-7-20)13-3-6-22-14(18-13)11(10-17-22)9-12-15(23)19-16(24)25-12/h3,6,9-10H,2,4-5,7-8H2,1H3,(H,19,23,24). The van der Waals surface area contributed by atoms with Gasteiger partial charge in [-0.15, -0.1) is 0 Å². The van der Waals surface area contributed by atoms with Crippen LogP contribution in [-0.4, -0.2) is 63.9 Å². The van der Waals surface area contributed by atoms with Gasteiger partial charge in [0.15, 0.2) is 5.65 Å². The number of carbonyl (C=O) groups excluding carboxylic acids is 2. The average Bonchev–Trinajstić information content (AvgIpc) is 3.04. The highest BCUT2D eigenvalue weighted by Crippen LogP contribution is 2.27. The van der Waals surface area contributed by atoms with E-state index in [-0.39, 0.29) is 11.1 Å². The molecule has 0 radical (unpaired) electrons. The highest BCUT2D eigenvalue weighted by Gasteiger charge is 2.25. The second-order valence-corrected chi connectivity index (χ2v) is 7.16. The van der Waals surface area contributed by atoms with Crippen LogP contribution < -0.4 is 10.2 Å². The first-order valence-corrected chi connectivity index (χ1v) is 8.94. The van der Waals surface area contributed by atoms with Crippen LogP contribution in [0.25, 0.3) is 11.7 Å².